The maximum Gasteiger partial charge on any atom is 0.194 e. The number of thiazole rings is 1. The number of guanidine groups is 1. The van der Waals surface area contributed by atoms with Gasteiger partial charge in [0.05, 0.1) is 16.8 Å². The molecule has 0 unspecified atom stereocenters. The van der Waals surface area contributed by atoms with Crippen LogP contribution in [0.25, 0.3) is 0 Å². The highest BCUT2D eigenvalue weighted by Gasteiger charge is 2.22. The van der Waals surface area contributed by atoms with Crippen molar-refractivity contribution < 1.29 is 5.11 Å². The third-order valence-corrected chi connectivity index (χ3v) is 4.68. The Morgan fingerprint density at radius 3 is 2.91 bits per heavy atom. The summed E-state index contributed by atoms with van der Waals surface area (Å²) >= 11 is 1.73. The van der Waals surface area contributed by atoms with E-state index in [-0.39, 0.29) is 30.1 Å². The van der Waals surface area contributed by atoms with Crippen molar-refractivity contribution in [2.45, 2.75) is 45.6 Å². The molecule has 7 heteroatoms. The van der Waals surface area contributed by atoms with Crippen LogP contribution in [-0.2, 0) is 6.42 Å². The van der Waals surface area contributed by atoms with Gasteiger partial charge in [0.2, 0.25) is 0 Å². The fourth-order valence-corrected chi connectivity index (χ4v) is 3.21. The Labute approximate surface area is 154 Å². The summed E-state index contributed by atoms with van der Waals surface area (Å²) in [4.78, 5) is 11.4. The molecule has 0 spiro atoms. The molecule has 2 N–H and O–H groups in total. The Bertz CT molecular complexity index is 478. The van der Waals surface area contributed by atoms with Crippen LogP contribution in [0.5, 0.6) is 0 Å². The molecule has 1 aromatic heterocycles. The van der Waals surface area contributed by atoms with Crippen LogP contribution in [0.15, 0.2) is 10.4 Å². The van der Waals surface area contributed by atoms with Gasteiger partial charge in [-0.25, -0.2) is 4.98 Å². The molecule has 1 saturated heterocycles. The quantitative estimate of drug-likeness (QED) is 0.421. The Morgan fingerprint density at radius 2 is 2.36 bits per heavy atom. The van der Waals surface area contributed by atoms with Crippen molar-refractivity contribution in [3.05, 3.63) is 16.1 Å². The highest BCUT2D eigenvalue weighted by Crippen LogP contribution is 2.19. The molecule has 1 atom stereocenters. The molecule has 0 saturated carbocycles. The molecular formula is C15H27IN4OS. The zero-order chi connectivity index (χ0) is 15.2. The molecule has 0 amide bonds. The van der Waals surface area contributed by atoms with E-state index in [1.54, 1.807) is 11.3 Å². The molecular weight excluding hydrogens is 411 g/mol. The van der Waals surface area contributed by atoms with Crippen LogP contribution < -0.4 is 5.32 Å². The van der Waals surface area contributed by atoms with Gasteiger partial charge in [-0.3, -0.25) is 4.99 Å². The van der Waals surface area contributed by atoms with E-state index >= 15 is 0 Å². The smallest absolute Gasteiger partial charge is 0.194 e. The van der Waals surface area contributed by atoms with Crippen LogP contribution in [0.2, 0.25) is 0 Å². The normalized spacial score (nSPS) is 18.7. The lowest BCUT2D eigenvalue weighted by molar-refractivity contribution is 0.188. The van der Waals surface area contributed by atoms with Crippen molar-refractivity contribution in [1.29, 1.82) is 0 Å². The van der Waals surface area contributed by atoms with Gasteiger partial charge in [-0.1, -0.05) is 13.8 Å². The minimum atomic E-state index is -0.221. The molecule has 1 aliphatic rings. The van der Waals surface area contributed by atoms with Gasteiger partial charge in [0.1, 0.15) is 0 Å². The first-order valence-electron chi connectivity index (χ1n) is 7.75. The standard InChI is InChI=1S/C15H26N4OS.HI/c1-4-16-15(19-8-6-13(20)9-19)17-7-5-12-10-21-14(18-12)11(2)3;/h10-11,13,20H,4-9H2,1-3H3,(H,16,17);1H/t13-;/m1./s1. The third kappa shape index (κ3) is 5.66. The van der Waals surface area contributed by atoms with Crippen molar-refractivity contribution in [1.82, 2.24) is 15.2 Å². The maximum atomic E-state index is 9.64. The van der Waals surface area contributed by atoms with E-state index in [0.717, 1.165) is 44.1 Å². The van der Waals surface area contributed by atoms with E-state index in [9.17, 15) is 5.11 Å². The van der Waals surface area contributed by atoms with Crippen LogP contribution in [0.4, 0.5) is 0 Å². The first kappa shape index (κ1) is 19.6. The van der Waals surface area contributed by atoms with Crippen LogP contribution in [0.3, 0.4) is 0 Å². The summed E-state index contributed by atoms with van der Waals surface area (Å²) in [7, 11) is 0. The minimum Gasteiger partial charge on any atom is -0.391 e. The SMILES string of the molecule is CCNC(=NCCc1csc(C(C)C)n1)N1CC[C@@H](O)C1.I. The number of β-amino-alcohol motifs (C(OH)–C–C–N with tert-alkyl or cyclic N) is 1. The van der Waals surface area contributed by atoms with Crippen LogP contribution >= 0.6 is 35.3 Å². The maximum absolute atomic E-state index is 9.64. The van der Waals surface area contributed by atoms with Gasteiger partial charge in [-0.05, 0) is 13.3 Å². The van der Waals surface area contributed by atoms with Gasteiger partial charge < -0.3 is 15.3 Å². The molecule has 5 nitrogen and oxygen atoms in total. The predicted molar refractivity (Wildman–Crippen MR) is 103 cm³/mol. The zero-order valence-corrected chi connectivity index (χ0v) is 16.7. The lowest BCUT2D eigenvalue weighted by atomic mass is 10.2. The summed E-state index contributed by atoms with van der Waals surface area (Å²) in [6, 6.07) is 0. The number of nitrogens with zero attached hydrogens (tertiary/aromatic N) is 3. The van der Waals surface area contributed by atoms with E-state index < -0.39 is 0 Å². The number of halogens is 1. The van der Waals surface area contributed by atoms with E-state index in [2.05, 4.69) is 46.3 Å². The lowest BCUT2D eigenvalue weighted by Crippen LogP contribution is -2.40. The number of hydrogen-bond donors (Lipinski definition) is 2. The monoisotopic (exact) mass is 438 g/mol. The summed E-state index contributed by atoms with van der Waals surface area (Å²) in [6.45, 7) is 9.54. The van der Waals surface area contributed by atoms with Gasteiger partial charge in [0.15, 0.2) is 5.96 Å². The number of aliphatic imine (C=N–C) groups is 1. The first-order chi connectivity index (χ1) is 10.1. The van der Waals surface area contributed by atoms with Crippen LogP contribution in [0.1, 0.15) is 43.8 Å². The van der Waals surface area contributed by atoms with Crippen molar-refractivity contribution in [3.8, 4) is 0 Å². The summed E-state index contributed by atoms with van der Waals surface area (Å²) in [5, 5.41) is 16.3. The molecule has 1 fully saturated rings. The molecule has 0 bridgehead atoms. The number of hydrogen-bond acceptors (Lipinski definition) is 4. The molecule has 1 aliphatic heterocycles. The van der Waals surface area contributed by atoms with E-state index in [0.29, 0.717) is 12.5 Å². The lowest BCUT2D eigenvalue weighted by Gasteiger charge is -2.20. The minimum absolute atomic E-state index is 0. The van der Waals surface area contributed by atoms with Crippen LogP contribution in [-0.4, -0.2) is 53.2 Å². The molecule has 126 valence electrons. The van der Waals surface area contributed by atoms with E-state index in [1.165, 1.54) is 5.01 Å². The highest BCUT2D eigenvalue weighted by molar-refractivity contribution is 14.0. The molecule has 22 heavy (non-hydrogen) atoms. The Morgan fingerprint density at radius 1 is 1.59 bits per heavy atom. The van der Waals surface area contributed by atoms with Crippen LogP contribution in [0, 0.1) is 0 Å². The Balaban J connectivity index is 0.00000242. The van der Waals surface area contributed by atoms with Gasteiger partial charge in [0.25, 0.3) is 0 Å². The van der Waals surface area contributed by atoms with E-state index in [1.807, 2.05) is 0 Å². The average molecular weight is 438 g/mol. The zero-order valence-electron chi connectivity index (χ0n) is 13.6. The summed E-state index contributed by atoms with van der Waals surface area (Å²) in [5.41, 5.74) is 1.13. The molecule has 2 heterocycles. The number of aromatic nitrogens is 1. The van der Waals surface area contributed by atoms with Crippen molar-refractivity contribution in [3.63, 3.8) is 0 Å². The summed E-state index contributed by atoms with van der Waals surface area (Å²) in [6.07, 6.45) is 1.48. The largest absolute Gasteiger partial charge is 0.391 e. The number of aliphatic hydroxyl groups is 1. The molecule has 0 aliphatic carbocycles. The summed E-state index contributed by atoms with van der Waals surface area (Å²) < 4.78 is 0. The van der Waals surface area contributed by atoms with Gasteiger partial charge >= 0.3 is 0 Å². The topological polar surface area (TPSA) is 60.8 Å². The third-order valence-electron chi connectivity index (χ3n) is 3.49. The Kier molecular flexibility index (Phi) is 8.63. The predicted octanol–water partition coefficient (Wildman–Crippen LogP) is 2.46. The second kappa shape index (κ2) is 9.67. The second-order valence-electron chi connectivity index (χ2n) is 5.71. The molecule has 2 rings (SSSR count). The number of nitrogens with one attached hydrogen (secondary N) is 1. The fraction of sp³-hybridized carbons (Fsp3) is 0.733. The first-order valence-corrected chi connectivity index (χ1v) is 8.63. The van der Waals surface area contributed by atoms with Gasteiger partial charge in [-0.15, -0.1) is 35.3 Å². The molecule has 1 aromatic rings. The highest BCUT2D eigenvalue weighted by atomic mass is 127. The number of aliphatic hydroxyl groups excluding tert-OH is 1. The Hall–Kier alpha value is -0.410. The average Bonchev–Trinajstić information content (AvgIpc) is 3.07. The summed E-state index contributed by atoms with van der Waals surface area (Å²) in [5.74, 6) is 1.41. The van der Waals surface area contributed by atoms with Gasteiger partial charge in [-0.2, -0.15) is 0 Å². The fourth-order valence-electron chi connectivity index (χ4n) is 2.34. The second-order valence-corrected chi connectivity index (χ2v) is 6.60. The number of likely N-dealkylation sites (tertiary alicyclic amines) is 1. The van der Waals surface area contributed by atoms with Crippen molar-refractivity contribution in [2.24, 2.45) is 4.99 Å². The van der Waals surface area contributed by atoms with Gasteiger partial charge in [0, 0.05) is 43.9 Å². The van der Waals surface area contributed by atoms with Crippen molar-refractivity contribution in [2.75, 3.05) is 26.2 Å². The molecule has 0 aromatic carbocycles. The van der Waals surface area contributed by atoms with Crippen molar-refractivity contribution >= 4 is 41.3 Å². The number of rotatable bonds is 5. The molecule has 0 radical (unpaired) electrons. The van der Waals surface area contributed by atoms with E-state index in [4.69, 9.17) is 0 Å².